The molecule has 184 valence electrons. The zero-order valence-corrected chi connectivity index (χ0v) is 19.3. The minimum Gasteiger partial charge on any atom is -0.342 e. The number of alkyl halides is 3. The second-order valence-electron chi connectivity index (χ2n) is 8.55. The predicted molar refractivity (Wildman–Crippen MR) is 124 cm³/mol. The number of halogens is 3. The normalized spacial score (nSPS) is 14.2. The molecule has 2 amide bonds. The second kappa shape index (κ2) is 10.3. The smallest absolute Gasteiger partial charge is 0.342 e. The molecule has 0 radical (unpaired) electrons. The maximum absolute atomic E-state index is 13.5. The molecule has 35 heavy (non-hydrogen) atoms. The predicted octanol–water partition coefficient (Wildman–Crippen LogP) is 3.57. The van der Waals surface area contributed by atoms with Crippen LogP contribution in [0.5, 0.6) is 0 Å². The van der Waals surface area contributed by atoms with Gasteiger partial charge >= 0.3 is 6.18 Å². The molecule has 2 aromatic heterocycles. The molecule has 10 heteroatoms. The number of aromatic nitrogens is 3. The van der Waals surface area contributed by atoms with Crippen LogP contribution in [0.25, 0.3) is 0 Å². The molecule has 7 nitrogen and oxygen atoms in total. The molecule has 0 bridgehead atoms. The average molecular weight is 486 g/mol. The van der Waals surface area contributed by atoms with Gasteiger partial charge in [-0.1, -0.05) is 24.3 Å². The molecule has 4 rings (SSSR count). The third-order valence-corrected chi connectivity index (χ3v) is 6.09. The van der Waals surface area contributed by atoms with Crippen LogP contribution in [0.15, 0.2) is 54.9 Å². The highest BCUT2D eigenvalue weighted by molar-refractivity contribution is 5.98. The lowest BCUT2D eigenvalue weighted by Gasteiger charge is -2.25. The van der Waals surface area contributed by atoms with E-state index < -0.39 is 30.4 Å². The van der Waals surface area contributed by atoms with Crippen molar-refractivity contribution in [3.05, 3.63) is 77.4 Å². The lowest BCUT2D eigenvalue weighted by molar-refractivity contribution is -0.142. The molecule has 1 unspecified atom stereocenters. The molecule has 0 aliphatic heterocycles. The molecule has 0 fully saturated rings. The van der Waals surface area contributed by atoms with E-state index in [1.807, 2.05) is 6.07 Å². The maximum atomic E-state index is 13.5. The summed E-state index contributed by atoms with van der Waals surface area (Å²) in [4.78, 5) is 31.8. The van der Waals surface area contributed by atoms with Gasteiger partial charge in [-0.3, -0.25) is 19.3 Å². The standard InChI is InChI=1S/C25H26F3N5O2/c1-32(18-9-3-2-4-10-18)24(35)20(14-17-8-7-13-29-15-17)30-22(34)16-33-21-12-6-5-11-19(21)23(31-33)25(26,27)28/h2-4,7-10,13,15,20H,5-6,11-12,14,16H2,1H3,(H,30,34). The van der Waals surface area contributed by atoms with E-state index in [1.54, 1.807) is 55.8 Å². The molecule has 0 spiro atoms. The first-order chi connectivity index (χ1) is 16.7. The number of hydrogen-bond donors (Lipinski definition) is 1. The van der Waals surface area contributed by atoms with Gasteiger partial charge in [-0.15, -0.1) is 0 Å². The van der Waals surface area contributed by atoms with Gasteiger partial charge in [-0.25, -0.2) is 0 Å². The summed E-state index contributed by atoms with van der Waals surface area (Å²) in [6.45, 7) is -0.399. The Morgan fingerprint density at radius 2 is 1.86 bits per heavy atom. The topological polar surface area (TPSA) is 80.1 Å². The van der Waals surface area contributed by atoms with Gasteiger partial charge < -0.3 is 10.2 Å². The third-order valence-electron chi connectivity index (χ3n) is 6.09. The van der Waals surface area contributed by atoms with Gasteiger partial charge in [0.15, 0.2) is 5.69 Å². The van der Waals surface area contributed by atoms with Gasteiger partial charge in [0.1, 0.15) is 12.6 Å². The minimum atomic E-state index is -4.58. The Morgan fingerprint density at radius 1 is 1.11 bits per heavy atom. The van der Waals surface area contributed by atoms with Crippen molar-refractivity contribution in [2.75, 3.05) is 11.9 Å². The van der Waals surface area contributed by atoms with E-state index in [4.69, 9.17) is 0 Å². The molecular formula is C25H26F3N5O2. The minimum absolute atomic E-state index is 0.170. The van der Waals surface area contributed by atoms with E-state index in [2.05, 4.69) is 15.4 Å². The summed E-state index contributed by atoms with van der Waals surface area (Å²) >= 11 is 0. The zero-order chi connectivity index (χ0) is 25.0. The van der Waals surface area contributed by atoms with Crippen molar-refractivity contribution in [3.8, 4) is 0 Å². The summed E-state index contributed by atoms with van der Waals surface area (Å²) in [6.07, 6.45) is 0.919. The van der Waals surface area contributed by atoms with Gasteiger partial charge in [0.05, 0.1) is 0 Å². The van der Waals surface area contributed by atoms with Gasteiger partial charge in [0, 0.05) is 42.8 Å². The first-order valence-electron chi connectivity index (χ1n) is 11.4. The van der Waals surface area contributed by atoms with Crippen LogP contribution in [0.4, 0.5) is 18.9 Å². The fourth-order valence-corrected chi connectivity index (χ4v) is 4.37. The monoisotopic (exact) mass is 485 g/mol. The number of para-hydroxylation sites is 1. The van der Waals surface area contributed by atoms with E-state index in [-0.39, 0.29) is 24.3 Å². The van der Waals surface area contributed by atoms with Crippen molar-refractivity contribution < 1.29 is 22.8 Å². The Morgan fingerprint density at radius 3 is 2.54 bits per heavy atom. The number of anilines is 1. The van der Waals surface area contributed by atoms with Crippen LogP contribution in [0.2, 0.25) is 0 Å². The van der Waals surface area contributed by atoms with Gasteiger partial charge in [0.2, 0.25) is 11.8 Å². The Bertz CT molecular complexity index is 1180. The van der Waals surface area contributed by atoms with Crippen LogP contribution in [0.3, 0.4) is 0 Å². The number of nitrogens with zero attached hydrogens (tertiary/aromatic N) is 4. The number of rotatable bonds is 7. The van der Waals surface area contributed by atoms with Crippen molar-refractivity contribution in [1.29, 1.82) is 0 Å². The van der Waals surface area contributed by atoms with Crippen LogP contribution in [-0.2, 0) is 41.6 Å². The van der Waals surface area contributed by atoms with Crippen molar-refractivity contribution in [2.45, 2.75) is 50.9 Å². The molecular weight excluding hydrogens is 459 g/mol. The summed E-state index contributed by atoms with van der Waals surface area (Å²) in [5.74, 6) is -0.940. The van der Waals surface area contributed by atoms with Crippen LogP contribution < -0.4 is 10.2 Å². The second-order valence-corrected chi connectivity index (χ2v) is 8.55. The summed E-state index contributed by atoms with van der Waals surface area (Å²) in [6, 6.07) is 11.6. The molecule has 1 aliphatic carbocycles. The van der Waals surface area contributed by atoms with Crippen LogP contribution in [0, 0.1) is 0 Å². The Kier molecular flexibility index (Phi) is 7.18. The fraction of sp³-hybridized carbons (Fsp3) is 0.360. The Hall–Kier alpha value is -3.69. The van der Waals surface area contributed by atoms with Gasteiger partial charge in [-0.2, -0.15) is 18.3 Å². The average Bonchev–Trinajstić information content (AvgIpc) is 3.23. The van der Waals surface area contributed by atoms with Crippen molar-refractivity contribution in [3.63, 3.8) is 0 Å². The number of nitrogens with one attached hydrogen (secondary N) is 1. The molecule has 2 heterocycles. The number of benzene rings is 1. The first kappa shape index (κ1) is 24.4. The Balaban J connectivity index is 1.56. The number of hydrogen-bond acceptors (Lipinski definition) is 4. The van der Waals surface area contributed by atoms with E-state index in [1.165, 1.54) is 4.90 Å². The fourth-order valence-electron chi connectivity index (χ4n) is 4.37. The molecule has 1 atom stereocenters. The molecule has 1 N–H and O–H groups in total. The SMILES string of the molecule is CN(C(=O)C(Cc1cccnc1)NC(=O)Cn1nc(C(F)(F)F)c2c1CCCC2)c1ccccc1. The van der Waals surface area contributed by atoms with Crippen LogP contribution in [0.1, 0.15) is 35.4 Å². The van der Waals surface area contributed by atoms with E-state index in [0.717, 1.165) is 16.7 Å². The number of amides is 2. The number of likely N-dealkylation sites (N-methyl/N-ethyl adjacent to an activating group) is 1. The molecule has 0 saturated carbocycles. The molecule has 0 saturated heterocycles. The molecule has 3 aromatic rings. The number of carbonyl (C=O) groups is 2. The summed E-state index contributed by atoms with van der Waals surface area (Å²) in [7, 11) is 1.61. The largest absolute Gasteiger partial charge is 0.435 e. The van der Waals surface area contributed by atoms with Crippen LogP contribution >= 0.6 is 0 Å². The van der Waals surface area contributed by atoms with Crippen molar-refractivity contribution in [1.82, 2.24) is 20.1 Å². The summed E-state index contributed by atoms with van der Waals surface area (Å²) in [5, 5.41) is 6.47. The van der Waals surface area contributed by atoms with Crippen molar-refractivity contribution >= 4 is 17.5 Å². The lowest BCUT2D eigenvalue weighted by atomic mass is 9.95. The number of pyridine rings is 1. The maximum Gasteiger partial charge on any atom is 0.435 e. The zero-order valence-electron chi connectivity index (χ0n) is 19.3. The highest BCUT2D eigenvalue weighted by Gasteiger charge is 2.39. The summed E-state index contributed by atoms with van der Waals surface area (Å²) in [5.41, 5.74) is 1.08. The van der Waals surface area contributed by atoms with Gasteiger partial charge in [0.25, 0.3) is 0 Å². The van der Waals surface area contributed by atoms with E-state index >= 15 is 0 Å². The quantitative estimate of drug-likeness (QED) is 0.555. The third kappa shape index (κ3) is 5.70. The first-order valence-corrected chi connectivity index (χ1v) is 11.4. The summed E-state index contributed by atoms with van der Waals surface area (Å²) < 4.78 is 41.6. The van der Waals surface area contributed by atoms with Crippen LogP contribution in [-0.4, -0.2) is 39.7 Å². The van der Waals surface area contributed by atoms with E-state index in [0.29, 0.717) is 24.2 Å². The number of fused-ring (bicyclic) bond motifs is 1. The lowest BCUT2D eigenvalue weighted by Crippen LogP contribution is -2.49. The van der Waals surface area contributed by atoms with Gasteiger partial charge in [-0.05, 0) is 49.4 Å². The van der Waals surface area contributed by atoms with Crippen molar-refractivity contribution in [2.24, 2.45) is 0 Å². The molecule has 1 aromatic carbocycles. The highest BCUT2D eigenvalue weighted by atomic mass is 19.4. The van der Waals surface area contributed by atoms with E-state index in [9.17, 15) is 22.8 Å². The highest BCUT2D eigenvalue weighted by Crippen LogP contribution is 2.35. The number of carbonyl (C=O) groups excluding carboxylic acids is 2. The Labute approximate surface area is 201 Å². The molecule has 1 aliphatic rings.